The van der Waals surface area contributed by atoms with Crippen LogP contribution >= 0.6 is 0 Å². The highest BCUT2D eigenvalue weighted by Crippen LogP contribution is 2.19. The van der Waals surface area contributed by atoms with Gasteiger partial charge in [0, 0.05) is 59.4 Å². The van der Waals surface area contributed by atoms with Crippen molar-refractivity contribution in [1.82, 2.24) is 14.7 Å². The molecule has 4 atom stereocenters. The fourth-order valence-corrected chi connectivity index (χ4v) is 4.47. The summed E-state index contributed by atoms with van der Waals surface area (Å²) in [4.78, 5) is 31.2. The van der Waals surface area contributed by atoms with Crippen molar-refractivity contribution in [2.75, 3.05) is 59.6 Å². The van der Waals surface area contributed by atoms with Gasteiger partial charge in [-0.15, -0.1) is 0 Å². The summed E-state index contributed by atoms with van der Waals surface area (Å²) < 4.78 is 11.0. The lowest BCUT2D eigenvalue weighted by molar-refractivity contribution is -0.144. The zero-order chi connectivity index (χ0) is 24.5. The van der Waals surface area contributed by atoms with Crippen molar-refractivity contribution in [3.63, 3.8) is 0 Å². The second-order valence-corrected chi connectivity index (χ2v) is 9.76. The molecule has 0 aromatic rings. The monoisotopic (exact) mass is 473 g/mol. The average Bonchev–Trinajstić information content (AvgIpc) is 2.72. The van der Waals surface area contributed by atoms with Gasteiger partial charge in [-0.1, -0.05) is 13.8 Å². The molecule has 10 nitrogen and oxygen atoms in total. The molecule has 0 aromatic carbocycles. The Morgan fingerprint density at radius 1 is 1.09 bits per heavy atom. The fraction of sp³-hybridized carbons (Fsp3) is 0.913. The van der Waals surface area contributed by atoms with Gasteiger partial charge in [0.2, 0.25) is 11.8 Å². The molecule has 2 fully saturated rings. The van der Waals surface area contributed by atoms with Crippen LogP contribution in [0.5, 0.6) is 0 Å². The van der Waals surface area contributed by atoms with Crippen molar-refractivity contribution in [1.29, 1.82) is 0 Å². The van der Waals surface area contributed by atoms with Crippen LogP contribution in [0.2, 0.25) is 0 Å². The van der Waals surface area contributed by atoms with Crippen molar-refractivity contribution < 1.29 is 34.4 Å². The number of hydrogen-bond acceptors (Lipinski definition) is 8. The van der Waals surface area contributed by atoms with Crippen LogP contribution in [-0.4, -0.2) is 132 Å². The lowest BCUT2D eigenvalue weighted by Gasteiger charge is -2.41. The van der Waals surface area contributed by atoms with Crippen molar-refractivity contribution in [2.24, 2.45) is 5.92 Å². The van der Waals surface area contributed by atoms with Crippen molar-refractivity contribution in [2.45, 2.75) is 70.5 Å². The fourth-order valence-electron chi connectivity index (χ4n) is 4.47. The van der Waals surface area contributed by atoms with Crippen LogP contribution in [0, 0.1) is 5.92 Å². The summed E-state index contributed by atoms with van der Waals surface area (Å²) in [6.07, 6.45) is -1.35. The zero-order valence-corrected chi connectivity index (χ0v) is 20.6. The molecule has 0 saturated carbocycles. The molecule has 0 aliphatic carbocycles. The Morgan fingerprint density at radius 3 is 2.36 bits per heavy atom. The van der Waals surface area contributed by atoms with Crippen molar-refractivity contribution in [3.05, 3.63) is 0 Å². The number of aliphatic hydroxyl groups is 3. The molecule has 0 unspecified atom stereocenters. The number of ether oxygens (including phenoxy) is 2. The summed E-state index contributed by atoms with van der Waals surface area (Å²) >= 11 is 0. The number of rotatable bonds is 5. The van der Waals surface area contributed by atoms with Crippen LogP contribution in [0.3, 0.4) is 0 Å². The number of hydrogen-bond donors (Lipinski definition) is 3. The van der Waals surface area contributed by atoms with Crippen LogP contribution < -0.4 is 0 Å². The van der Waals surface area contributed by atoms with E-state index < -0.39 is 18.3 Å². The van der Waals surface area contributed by atoms with Crippen molar-refractivity contribution in [3.8, 4) is 0 Å². The van der Waals surface area contributed by atoms with E-state index in [9.17, 15) is 24.9 Å². The number of aliphatic hydroxyl groups excluding tert-OH is 3. The standard InChI is InChI=1S/C23H43N3O7/c1-16(2)9-18-10-25(17(3)27)13-21(32-4)23(31)20(29)15-33-8-6-5-7-26(18)22(30)14-24-11-19(28)12-24/h16,18-21,23,28-29,31H,5-15H2,1-4H3/t18-,20-,21-,23-/m1/s1. The van der Waals surface area contributed by atoms with Gasteiger partial charge < -0.3 is 34.6 Å². The maximum atomic E-state index is 13.3. The van der Waals surface area contributed by atoms with E-state index in [1.807, 2.05) is 9.80 Å². The number of β-amino-alcohol motifs (C(OH)–C–C–N with tert-alkyl or cyclic N) is 1. The average molecular weight is 474 g/mol. The molecule has 2 amide bonds. The Morgan fingerprint density at radius 2 is 1.79 bits per heavy atom. The van der Waals surface area contributed by atoms with Crippen LogP contribution in [0.1, 0.15) is 40.0 Å². The maximum absolute atomic E-state index is 13.3. The van der Waals surface area contributed by atoms with E-state index in [4.69, 9.17) is 9.47 Å². The summed E-state index contributed by atoms with van der Waals surface area (Å²) in [5, 5.41) is 30.4. The quantitative estimate of drug-likeness (QED) is 0.479. The molecular weight excluding hydrogens is 430 g/mol. The topological polar surface area (TPSA) is 123 Å². The molecule has 2 aliphatic heterocycles. The van der Waals surface area contributed by atoms with Crippen LogP contribution in [0.4, 0.5) is 0 Å². The smallest absolute Gasteiger partial charge is 0.237 e. The third-order valence-corrected chi connectivity index (χ3v) is 6.38. The van der Waals surface area contributed by atoms with E-state index in [0.29, 0.717) is 45.1 Å². The third kappa shape index (κ3) is 8.77. The third-order valence-electron chi connectivity index (χ3n) is 6.38. The Balaban J connectivity index is 2.26. The SMILES string of the molecule is CO[C@@H]1CN(C(C)=O)C[C@@H](CC(C)C)N(C(=O)CN2CC(O)C2)CCCCOC[C@@H](O)[C@H]1O. The predicted molar refractivity (Wildman–Crippen MR) is 123 cm³/mol. The molecule has 2 saturated heterocycles. The molecule has 0 bridgehead atoms. The molecule has 0 radical (unpaired) electrons. The highest BCUT2D eigenvalue weighted by Gasteiger charge is 2.34. The van der Waals surface area contributed by atoms with Crippen LogP contribution in [0.25, 0.3) is 0 Å². The summed E-state index contributed by atoms with van der Waals surface area (Å²) in [5.74, 6) is 0.106. The molecule has 2 heterocycles. The molecule has 0 spiro atoms. The van der Waals surface area contributed by atoms with Gasteiger partial charge in [-0.2, -0.15) is 0 Å². The van der Waals surface area contributed by atoms with Gasteiger partial charge in [0.25, 0.3) is 0 Å². The first-order valence-electron chi connectivity index (χ1n) is 12.0. The van der Waals surface area contributed by atoms with Gasteiger partial charge in [0.1, 0.15) is 18.3 Å². The van der Waals surface area contributed by atoms with E-state index in [1.54, 1.807) is 4.90 Å². The van der Waals surface area contributed by atoms with E-state index >= 15 is 0 Å². The van der Waals surface area contributed by atoms with Gasteiger partial charge in [-0.25, -0.2) is 0 Å². The first-order chi connectivity index (χ1) is 15.6. The summed E-state index contributed by atoms with van der Waals surface area (Å²) in [6.45, 7) is 8.21. The minimum Gasteiger partial charge on any atom is -0.390 e. The summed E-state index contributed by atoms with van der Waals surface area (Å²) in [6, 6.07) is -0.198. The van der Waals surface area contributed by atoms with E-state index in [-0.39, 0.29) is 43.7 Å². The second kappa shape index (κ2) is 13.6. The molecule has 0 aromatic heterocycles. The number of nitrogens with zero attached hydrogens (tertiary/aromatic N) is 3. The first-order valence-corrected chi connectivity index (χ1v) is 12.0. The van der Waals surface area contributed by atoms with Crippen LogP contribution in [0.15, 0.2) is 0 Å². The lowest BCUT2D eigenvalue weighted by atomic mass is 10.00. The molecule has 2 rings (SSSR count). The molecular formula is C23H43N3O7. The van der Waals surface area contributed by atoms with Crippen LogP contribution in [-0.2, 0) is 19.1 Å². The van der Waals surface area contributed by atoms with E-state index in [2.05, 4.69) is 13.8 Å². The van der Waals surface area contributed by atoms with E-state index in [0.717, 1.165) is 12.8 Å². The highest BCUT2D eigenvalue weighted by molar-refractivity contribution is 5.79. The largest absolute Gasteiger partial charge is 0.390 e. The highest BCUT2D eigenvalue weighted by atomic mass is 16.5. The van der Waals surface area contributed by atoms with Crippen molar-refractivity contribution >= 4 is 11.8 Å². The maximum Gasteiger partial charge on any atom is 0.237 e. The van der Waals surface area contributed by atoms with Gasteiger partial charge in [-0.3, -0.25) is 14.5 Å². The number of amides is 2. The Kier molecular flexibility index (Phi) is 11.5. The lowest BCUT2D eigenvalue weighted by Crippen LogP contribution is -2.57. The normalized spacial score (nSPS) is 29.6. The number of carbonyl (C=O) groups excluding carboxylic acids is 2. The zero-order valence-electron chi connectivity index (χ0n) is 20.6. The number of carbonyl (C=O) groups is 2. The molecule has 2 aliphatic rings. The molecule has 3 N–H and O–H groups in total. The Bertz CT molecular complexity index is 615. The minimum absolute atomic E-state index is 0.0113. The van der Waals surface area contributed by atoms with Gasteiger partial charge >= 0.3 is 0 Å². The minimum atomic E-state index is -1.21. The molecule has 33 heavy (non-hydrogen) atoms. The van der Waals surface area contributed by atoms with Gasteiger partial charge in [0.15, 0.2) is 0 Å². The van der Waals surface area contributed by atoms with Gasteiger partial charge in [-0.05, 0) is 25.2 Å². The number of methoxy groups -OCH3 is 1. The number of likely N-dealkylation sites (tertiary alicyclic amines) is 1. The molecule has 192 valence electrons. The second-order valence-electron chi connectivity index (χ2n) is 9.76. The summed E-state index contributed by atoms with van der Waals surface area (Å²) in [5.41, 5.74) is 0. The van der Waals surface area contributed by atoms with Gasteiger partial charge in [0.05, 0.1) is 19.3 Å². The molecule has 10 heteroatoms. The summed E-state index contributed by atoms with van der Waals surface area (Å²) in [7, 11) is 1.44. The first kappa shape index (κ1) is 27.9. The Labute approximate surface area is 197 Å². The predicted octanol–water partition coefficient (Wildman–Crippen LogP) is -0.698. The van der Waals surface area contributed by atoms with E-state index in [1.165, 1.54) is 14.0 Å². The Hall–Kier alpha value is -1.30.